The number of nitrogens with zero attached hydrogens (tertiary/aromatic N) is 5. The van der Waals surface area contributed by atoms with Gasteiger partial charge in [-0.05, 0) is 75.0 Å². The molecule has 0 bridgehead atoms. The Kier molecular flexibility index (Phi) is 11.7. The summed E-state index contributed by atoms with van der Waals surface area (Å²) in [6, 6.07) is 7.78. The van der Waals surface area contributed by atoms with Crippen molar-refractivity contribution in [3.63, 3.8) is 0 Å². The van der Waals surface area contributed by atoms with Crippen LogP contribution in [0.4, 0.5) is 32.2 Å². The highest BCUT2D eigenvalue weighted by molar-refractivity contribution is 6.37. The second kappa shape index (κ2) is 16.1. The lowest BCUT2D eigenvalue weighted by Gasteiger charge is -2.23. The van der Waals surface area contributed by atoms with E-state index in [1.807, 2.05) is 0 Å². The number of alkyl halides is 4. The molecule has 2 amide bonds. The van der Waals surface area contributed by atoms with Crippen LogP contribution in [0.15, 0.2) is 42.5 Å². The van der Waals surface area contributed by atoms with Gasteiger partial charge in [0.15, 0.2) is 5.82 Å². The molecule has 5 aromatic rings. The molecule has 0 aliphatic heterocycles. The maximum atomic E-state index is 15.6. The summed E-state index contributed by atoms with van der Waals surface area (Å²) in [7, 11) is 3.20. The fourth-order valence-corrected chi connectivity index (χ4v) is 7.42. The van der Waals surface area contributed by atoms with E-state index < -0.39 is 77.2 Å². The minimum Gasteiger partial charge on any atom is -0.378 e. The van der Waals surface area contributed by atoms with Gasteiger partial charge in [-0.1, -0.05) is 37.4 Å². The predicted octanol–water partition coefficient (Wildman–Crippen LogP) is 6.93. The first-order valence-electron chi connectivity index (χ1n) is 18.1. The smallest absolute Gasteiger partial charge is 0.292 e. The third kappa shape index (κ3) is 8.40. The zero-order valence-electron chi connectivity index (χ0n) is 32.1. The first-order valence-corrected chi connectivity index (χ1v) is 18.5. The zero-order chi connectivity index (χ0) is 42.4. The monoisotopic (exact) mass is 828 g/mol. The van der Waals surface area contributed by atoms with Crippen LogP contribution in [0.25, 0.3) is 22.0 Å². The van der Waals surface area contributed by atoms with E-state index in [1.54, 1.807) is 32.3 Å². The van der Waals surface area contributed by atoms with Crippen molar-refractivity contribution < 1.29 is 41.0 Å². The quantitative estimate of drug-likeness (QED) is 0.0838. The van der Waals surface area contributed by atoms with Gasteiger partial charge in [0.1, 0.15) is 40.9 Å². The number of halogens is 7. The SMILES string of the molecule is CNCC(=O)Nc1nn(C)c2c(-c3ccc(C#CC(C)(C)O)nc3[C@H](Cc3cc(F)cc(F)c3)NC(=O)Cn3nc(C(F)F)c4c3C(F)(F)[C@H](C)[C@@H]4C)ccc(Cl)c12. The molecular formula is C40H39ClF6N8O3. The number of aliphatic hydroxyl groups is 1. The van der Waals surface area contributed by atoms with E-state index in [4.69, 9.17) is 16.6 Å². The normalized spacial score (nSPS) is 16.6. The molecule has 0 saturated carbocycles. The van der Waals surface area contributed by atoms with Gasteiger partial charge < -0.3 is 21.1 Å². The van der Waals surface area contributed by atoms with Crippen LogP contribution in [0.5, 0.6) is 0 Å². The number of hydrogen-bond acceptors (Lipinski definition) is 7. The van der Waals surface area contributed by atoms with Crippen LogP contribution < -0.4 is 16.0 Å². The van der Waals surface area contributed by atoms with Crippen LogP contribution in [-0.2, 0) is 35.5 Å². The zero-order valence-corrected chi connectivity index (χ0v) is 32.9. The molecule has 1 aliphatic carbocycles. The standard InChI is InChI=1S/C40H39ClF6N8O3/c1-19-20(2)40(46,47)36-31(19)34(37(44)45)52-55(36)18-30(57)50-28(15-21-13-22(42)16-23(43)14-21)33-25(8-7-24(49-33)11-12-39(3,4)58)26-9-10-27(41)32-35(26)54(6)53-38(32)51-29(56)17-48-5/h7-10,13-14,16,19-20,28,37,48,58H,15,17-18H2,1-6H3,(H,50,57)(H,51,53,56)/t19-,20+,28-/m0/s1. The molecule has 0 spiro atoms. The highest BCUT2D eigenvalue weighted by atomic mass is 35.5. The van der Waals surface area contributed by atoms with E-state index in [9.17, 15) is 32.3 Å². The fraction of sp³-hybridized carbons (Fsp3) is 0.375. The molecule has 0 radical (unpaired) electrons. The molecule has 6 rings (SSSR count). The van der Waals surface area contributed by atoms with Crippen LogP contribution in [0, 0.1) is 29.4 Å². The number of aromatic nitrogens is 5. The Bertz CT molecular complexity index is 2470. The van der Waals surface area contributed by atoms with Gasteiger partial charge in [0.25, 0.3) is 12.3 Å². The van der Waals surface area contributed by atoms with Gasteiger partial charge in [-0.2, -0.15) is 19.0 Å². The van der Waals surface area contributed by atoms with Crippen molar-refractivity contribution in [1.82, 2.24) is 35.2 Å². The van der Waals surface area contributed by atoms with Crippen LogP contribution in [0.3, 0.4) is 0 Å². The van der Waals surface area contributed by atoms with Gasteiger partial charge in [-0.3, -0.25) is 19.0 Å². The number of pyridine rings is 1. The van der Waals surface area contributed by atoms with Crippen molar-refractivity contribution in [1.29, 1.82) is 0 Å². The number of likely N-dealkylation sites (N-methyl/N-ethyl adjacent to an activating group) is 1. The number of anilines is 1. The lowest BCUT2D eigenvalue weighted by molar-refractivity contribution is -0.123. The summed E-state index contributed by atoms with van der Waals surface area (Å²) >= 11 is 6.67. The van der Waals surface area contributed by atoms with Crippen LogP contribution >= 0.6 is 11.6 Å². The summed E-state index contributed by atoms with van der Waals surface area (Å²) in [6.07, 6.45) is -3.52. The number of aryl methyl sites for hydroxylation is 1. The van der Waals surface area contributed by atoms with Gasteiger partial charge in [0.2, 0.25) is 11.8 Å². The average molecular weight is 829 g/mol. The molecule has 58 heavy (non-hydrogen) atoms. The van der Waals surface area contributed by atoms with E-state index in [1.165, 1.54) is 38.4 Å². The van der Waals surface area contributed by atoms with E-state index in [-0.39, 0.29) is 46.3 Å². The van der Waals surface area contributed by atoms with E-state index in [2.05, 4.69) is 38.0 Å². The Morgan fingerprint density at radius 2 is 1.69 bits per heavy atom. The Labute approximate surface area is 334 Å². The summed E-state index contributed by atoms with van der Waals surface area (Å²) in [5.74, 6) is -3.56. The van der Waals surface area contributed by atoms with Gasteiger partial charge in [0.05, 0.1) is 34.2 Å². The molecule has 3 aromatic heterocycles. The minimum atomic E-state index is -3.59. The highest BCUT2D eigenvalue weighted by Gasteiger charge is 2.55. The third-order valence-electron chi connectivity index (χ3n) is 9.88. The molecule has 18 heteroatoms. The van der Waals surface area contributed by atoms with E-state index in [0.29, 0.717) is 32.8 Å². The molecule has 306 valence electrons. The molecule has 0 saturated heterocycles. The molecule has 3 atom stereocenters. The van der Waals surface area contributed by atoms with Gasteiger partial charge in [-0.25, -0.2) is 22.5 Å². The van der Waals surface area contributed by atoms with Gasteiger partial charge in [-0.15, -0.1) is 0 Å². The molecular weight excluding hydrogens is 790 g/mol. The number of carbonyl (C=O) groups is 2. The van der Waals surface area contributed by atoms with E-state index >= 15 is 8.78 Å². The molecule has 11 nitrogen and oxygen atoms in total. The molecule has 1 aliphatic rings. The largest absolute Gasteiger partial charge is 0.378 e. The van der Waals surface area contributed by atoms with Crippen molar-refractivity contribution in [2.45, 2.75) is 70.6 Å². The molecule has 0 unspecified atom stereocenters. The summed E-state index contributed by atoms with van der Waals surface area (Å²) in [4.78, 5) is 31.3. The topological polar surface area (TPSA) is 139 Å². The van der Waals surface area contributed by atoms with Crippen molar-refractivity contribution >= 4 is 40.1 Å². The fourth-order valence-electron chi connectivity index (χ4n) is 7.18. The van der Waals surface area contributed by atoms with E-state index in [0.717, 1.165) is 12.1 Å². The first-order chi connectivity index (χ1) is 27.2. The summed E-state index contributed by atoms with van der Waals surface area (Å²) in [5.41, 5.74) is -2.02. The number of amides is 2. The number of fused-ring (bicyclic) bond motifs is 2. The average Bonchev–Trinajstić information content (AvgIpc) is 3.72. The van der Waals surface area contributed by atoms with Crippen molar-refractivity contribution in [3.8, 4) is 23.0 Å². The molecule has 4 N–H and O–H groups in total. The highest BCUT2D eigenvalue weighted by Crippen LogP contribution is 2.54. The Morgan fingerprint density at radius 1 is 1.02 bits per heavy atom. The summed E-state index contributed by atoms with van der Waals surface area (Å²) in [5, 5.41) is 27.4. The predicted molar refractivity (Wildman–Crippen MR) is 204 cm³/mol. The minimum absolute atomic E-state index is 0.0286. The molecule has 3 heterocycles. The second-order valence-electron chi connectivity index (χ2n) is 14.7. The summed E-state index contributed by atoms with van der Waals surface area (Å²) in [6.45, 7) is 4.58. The maximum absolute atomic E-state index is 15.6. The Hall–Kier alpha value is -5.44. The van der Waals surface area contributed by atoms with Crippen molar-refractivity contribution in [2.24, 2.45) is 13.0 Å². The number of nitrogens with one attached hydrogen (secondary N) is 3. The Balaban J connectivity index is 1.53. The number of benzene rings is 2. The third-order valence-corrected chi connectivity index (χ3v) is 10.2. The summed E-state index contributed by atoms with van der Waals surface area (Å²) < 4.78 is 90.8. The first kappa shape index (κ1) is 42.2. The second-order valence-corrected chi connectivity index (χ2v) is 15.1. The Morgan fingerprint density at radius 3 is 2.33 bits per heavy atom. The maximum Gasteiger partial charge on any atom is 0.292 e. The van der Waals surface area contributed by atoms with Gasteiger partial charge >= 0.3 is 0 Å². The molecule has 0 fully saturated rings. The van der Waals surface area contributed by atoms with Crippen LogP contribution in [0.1, 0.15) is 80.0 Å². The number of hydrogen-bond donors (Lipinski definition) is 4. The van der Waals surface area contributed by atoms with Crippen LogP contribution in [-0.4, -0.2) is 60.7 Å². The molecule has 2 aromatic carbocycles. The van der Waals surface area contributed by atoms with Crippen molar-refractivity contribution in [3.05, 3.63) is 93.0 Å². The van der Waals surface area contributed by atoms with Gasteiger partial charge in [0, 0.05) is 35.7 Å². The lowest BCUT2D eigenvalue weighted by atomic mass is 9.93. The number of carbonyl (C=O) groups excluding carboxylic acids is 2. The van der Waals surface area contributed by atoms with Crippen LogP contribution in [0.2, 0.25) is 5.02 Å². The lowest BCUT2D eigenvalue weighted by Crippen LogP contribution is -2.35. The van der Waals surface area contributed by atoms with Crippen molar-refractivity contribution in [2.75, 3.05) is 18.9 Å². The number of rotatable bonds is 11.